The predicted molar refractivity (Wildman–Crippen MR) is 126 cm³/mol. The number of aryl methyl sites for hydroxylation is 2. The van der Waals surface area contributed by atoms with Crippen LogP contribution in [0.4, 0.5) is 0 Å². The topological polar surface area (TPSA) is 47.2 Å². The zero-order valence-corrected chi connectivity index (χ0v) is 19.3. The van der Waals surface area contributed by atoms with E-state index in [1.807, 2.05) is 36.4 Å². The minimum atomic E-state index is -0.0792. The number of aromatic nitrogens is 2. The second-order valence-corrected chi connectivity index (χ2v) is 8.04. The Hall–Kier alpha value is -2.08. The Labute approximate surface area is 188 Å². The fourth-order valence-corrected chi connectivity index (χ4v) is 3.85. The fourth-order valence-electron chi connectivity index (χ4n) is 3.62. The number of fused-ring (bicyclic) bond motifs is 1. The van der Waals surface area contributed by atoms with Crippen molar-refractivity contribution in [3.8, 4) is 0 Å². The van der Waals surface area contributed by atoms with Crippen LogP contribution in [0, 0.1) is 0 Å². The van der Waals surface area contributed by atoms with Crippen LogP contribution in [-0.2, 0) is 20.5 Å². The van der Waals surface area contributed by atoms with Gasteiger partial charge in [0.05, 0.1) is 11.0 Å². The van der Waals surface area contributed by atoms with Gasteiger partial charge < -0.3 is 4.90 Å². The average molecular weight is 450 g/mol. The first kappa shape index (κ1) is 24.2. The number of rotatable bonds is 9. The molecule has 0 saturated heterocycles. The quantitative estimate of drug-likeness (QED) is 0.357. The van der Waals surface area contributed by atoms with Gasteiger partial charge in [0.2, 0.25) is 0 Å². The Morgan fingerprint density at radius 3 is 2.43 bits per heavy atom. The molecular formula is C23H29Cl2N3O2. The molecule has 0 fully saturated rings. The second kappa shape index (κ2) is 10.8. The molecule has 2 aromatic carbocycles. The van der Waals surface area contributed by atoms with Crippen molar-refractivity contribution in [2.24, 2.45) is 14.1 Å². The standard InChI is InChI=1S/C23H28ClN3O2.ClH/c1-25(15-13-17-8-4-5-9-19(17)24)14-7-6-10-22(28)18-11-12-20-21(16-18)27(3)23(29)26(20)2;/h4-5,8-9,11-12,16H,6-7,10,13-15H2,1-3H3;1H. The average Bonchev–Trinajstić information content (AvgIpc) is 2.94. The van der Waals surface area contributed by atoms with E-state index in [9.17, 15) is 9.59 Å². The molecule has 0 unspecified atom stereocenters. The highest BCUT2D eigenvalue weighted by molar-refractivity contribution is 6.31. The molecule has 0 radical (unpaired) electrons. The van der Waals surface area contributed by atoms with Crippen molar-refractivity contribution in [3.63, 3.8) is 0 Å². The van der Waals surface area contributed by atoms with E-state index in [1.165, 1.54) is 5.56 Å². The monoisotopic (exact) mass is 449 g/mol. The van der Waals surface area contributed by atoms with E-state index in [0.29, 0.717) is 12.0 Å². The molecular weight excluding hydrogens is 421 g/mol. The molecule has 0 atom stereocenters. The van der Waals surface area contributed by atoms with Gasteiger partial charge in [-0.15, -0.1) is 12.4 Å². The number of halogens is 2. The summed E-state index contributed by atoms with van der Waals surface area (Å²) >= 11 is 6.21. The Balaban J connectivity index is 0.00000320. The fraction of sp³-hybridized carbons (Fsp3) is 0.391. The van der Waals surface area contributed by atoms with Crippen LogP contribution in [0.15, 0.2) is 47.3 Å². The molecule has 7 heteroatoms. The number of hydrogen-bond donors (Lipinski definition) is 0. The molecule has 0 spiro atoms. The first-order valence-corrected chi connectivity index (χ1v) is 10.4. The molecule has 3 rings (SSSR count). The summed E-state index contributed by atoms with van der Waals surface area (Å²) in [7, 11) is 5.58. The molecule has 1 heterocycles. The van der Waals surface area contributed by atoms with E-state index >= 15 is 0 Å². The lowest BCUT2D eigenvalue weighted by Crippen LogP contribution is -2.22. The van der Waals surface area contributed by atoms with Gasteiger partial charge in [-0.1, -0.05) is 29.8 Å². The van der Waals surface area contributed by atoms with Crippen LogP contribution < -0.4 is 5.69 Å². The van der Waals surface area contributed by atoms with E-state index in [2.05, 4.69) is 18.0 Å². The maximum atomic E-state index is 12.6. The number of hydrogen-bond acceptors (Lipinski definition) is 3. The summed E-state index contributed by atoms with van der Waals surface area (Å²) in [6.45, 7) is 1.89. The van der Waals surface area contributed by atoms with Crippen molar-refractivity contribution in [3.05, 3.63) is 69.1 Å². The molecule has 0 aliphatic heterocycles. The number of ketones is 1. The highest BCUT2D eigenvalue weighted by Gasteiger charge is 2.12. The second-order valence-electron chi connectivity index (χ2n) is 7.63. The summed E-state index contributed by atoms with van der Waals surface area (Å²) in [4.78, 5) is 26.9. The first-order chi connectivity index (χ1) is 13.9. The lowest BCUT2D eigenvalue weighted by Gasteiger charge is -2.16. The number of benzene rings is 2. The van der Waals surface area contributed by atoms with Crippen LogP contribution in [-0.4, -0.2) is 40.0 Å². The van der Waals surface area contributed by atoms with Crippen molar-refractivity contribution in [1.29, 1.82) is 0 Å². The Morgan fingerprint density at radius 2 is 1.70 bits per heavy atom. The summed E-state index contributed by atoms with van der Waals surface area (Å²) in [5.41, 5.74) is 3.40. The number of nitrogens with zero attached hydrogens (tertiary/aromatic N) is 3. The largest absolute Gasteiger partial charge is 0.328 e. The van der Waals surface area contributed by atoms with Crippen LogP contribution in [0.2, 0.25) is 5.02 Å². The molecule has 0 N–H and O–H groups in total. The van der Waals surface area contributed by atoms with Gasteiger partial charge in [-0.3, -0.25) is 13.9 Å². The Kier molecular flexibility index (Phi) is 8.71. The Bertz CT molecular complexity index is 1070. The van der Waals surface area contributed by atoms with Gasteiger partial charge in [-0.2, -0.15) is 0 Å². The van der Waals surface area contributed by atoms with E-state index in [-0.39, 0.29) is 23.9 Å². The first-order valence-electron chi connectivity index (χ1n) is 9.99. The third kappa shape index (κ3) is 5.54. The minimum absolute atomic E-state index is 0. The number of unbranched alkanes of at least 4 members (excludes halogenated alkanes) is 1. The van der Waals surface area contributed by atoms with Gasteiger partial charge in [0.1, 0.15) is 0 Å². The summed E-state index contributed by atoms with van der Waals surface area (Å²) in [6.07, 6.45) is 3.26. The normalized spacial score (nSPS) is 11.1. The van der Waals surface area contributed by atoms with Crippen molar-refractivity contribution in [1.82, 2.24) is 14.0 Å². The van der Waals surface area contributed by atoms with Gasteiger partial charge in [0.25, 0.3) is 0 Å². The van der Waals surface area contributed by atoms with Crippen LogP contribution in [0.5, 0.6) is 0 Å². The molecule has 3 aromatic rings. The number of imidazole rings is 1. The van der Waals surface area contributed by atoms with Gasteiger partial charge in [-0.25, -0.2) is 4.79 Å². The van der Waals surface area contributed by atoms with Crippen molar-refractivity contribution >= 4 is 40.8 Å². The molecule has 0 aliphatic rings. The van der Waals surface area contributed by atoms with Crippen molar-refractivity contribution in [2.45, 2.75) is 25.7 Å². The third-order valence-corrected chi connectivity index (χ3v) is 5.88. The molecule has 0 saturated carbocycles. The van der Waals surface area contributed by atoms with Crippen LogP contribution in [0.3, 0.4) is 0 Å². The minimum Gasteiger partial charge on any atom is -0.306 e. The predicted octanol–water partition coefficient (Wildman–Crippen LogP) is 4.48. The van der Waals surface area contributed by atoms with Crippen LogP contribution in [0.1, 0.15) is 35.2 Å². The van der Waals surface area contributed by atoms with E-state index in [1.54, 1.807) is 23.2 Å². The number of carbonyl (C=O) groups excluding carboxylic acids is 1. The summed E-state index contributed by atoms with van der Waals surface area (Å²) in [6, 6.07) is 13.4. The van der Waals surface area contributed by atoms with Gasteiger partial charge in [-0.05, 0) is 62.7 Å². The zero-order chi connectivity index (χ0) is 21.0. The molecule has 0 amide bonds. The molecule has 5 nitrogen and oxygen atoms in total. The van der Waals surface area contributed by atoms with Gasteiger partial charge in [0, 0.05) is 37.6 Å². The SMILES string of the molecule is CN(CCCCC(=O)c1ccc2c(c1)n(C)c(=O)n2C)CCc1ccccc1Cl.Cl. The lowest BCUT2D eigenvalue weighted by molar-refractivity contribution is 0.0978. The van der Waals surface area contributed by atoms with E-state index in [4.69, 9.17) is 11.6 Å². The summed E-state index contributed by atoms with van der Waals surface area (Å²) in [5, 5.41) is 0.819. The van der Waals surface area contributed by atoms with E-state index in [0.717, 1.165) is 48.4 Å². The number of Topliss-reactive ketones (excluding diaryl/α,β-unsaturated/α-hetero) is 1. The van der Waals surface area contributed by atoms with Gasteiger partial charge in [0.15, 0.2) is 5.78 Å². The van der Waals surface area contributed by atoms with Crippen molar-refractivity contribution in [2.75, 3.05) is 20.1 Å². The smallest absolute Gasteiger partial charge is 0.306 e. The van der Waals surface area contributed by atoms with Gasteiger partial charge >= 0.3 is 5.69 Å². The summed E-state index contributed by atoms with van der Waals surface area (Å²) in [5.74, 6) is 0.127. The highest BCUT2D eigenvalue weighted by atomic mass is 35.5. The van der Waals surface area contributed by atoms with Crippen LogP contribution in [0.25, 0.3) is 11.0 Å². The molecule has 0 aliphatic carbocycles. The third-order valence-electron chi connectivity index (χ3n) is 5.51. The van der Waals surface area contributed by atoms with Crippen molar-refractivity contribution < 1.29 is 4.79 Å². The molecule has 1 aromatic heterocycles. The maximum absolute atomic E-state index is 12.6. The molecule has 0 bridgehead atoms. The molecule has 162 valence electrons. The number of carbonyl (C=O) groups is 1. The zero-order valence-electron chi connectivity index (χ0n) is 17.7. The van der Waals surface area contributed by atoms with E-state index < -0.39 is 0 Å². The molecule has 30 heavy (non-hydrogen) atoms. The Morgan fingerprint density at radius 1 is 1.00 bits per heavy atom. The maximum Gasteiger partial charge on any atom is 0.328 e. The van der Waals surface area contributed by atoms with Crippen LogP contribution >= 0.6 is 24.0 Å². The number of likely N-dealkylation sites (N-methyl/N-ethyl adjacent to an activating group) is 1. The lowest BCUT2D eigenvalue weighted by atomic mass is 10.0. The summed E-state index contributed by atoms with van der Waals surface area (Å²) < 4.78 is 3.18. The highest BCUT2D eigenvalue weighted by Crippen LogP contribution is 2.17.